The zero-order chi connectivity index (χ0) is 21.0. The minimum absolute atomic E-state index is 0.00885. The van der Waals surface area contributed by atoms with Gasteiger partial charge in [0.15, 0.2) is 0 Å². The number of methoxy groups -OCH3 is 1. The molecular weight excluding hydrogens is 412 g/mol. The molecule has 0 saturated carbocycles. The number of hydrogen-bond donors (Lipinski definition) is 1. The lowest BCUT2D eigenvalue weighted by atomic mass is 10.2. The Morgan fingerprint density at radius 1 is 1.00 bits per heavy atom. The molecule has 8 heteroatoms. The smallest absolute Gasteiger partial charge is 0.264 e. The maximum Gasteiger partial charge on any atom is 0.264 e. The minimum atomic E-state index is -3.86. The van der Waals surface area contributed by atoms with E-state index < -0.39 is 15.9 Å². The number of halogens is 1. The van der Waals surface area contributed by atoms with Crippen LogP contribution >= 0.6 is 11.6 Å². The minimum Gasteiger partial charge on any atom is -0.497 e. The summed E-state index contributed by atoms with van der Waals surface area (Å²) < 4.78 is 32.3. The van der Waals surface area contributed by atoms with Crippen LogP contribution in [0, 0.1) is 0 Å². The molecule has 150 valence electrons. The van der Waals surface area contributed by atoms with E-state index >= 15 is 0 Å². The number of nitrogens with zero attached hydrogens (tertiary/aromatic N) is 1. The van der Waals surface area contributed by atoms with Crippen molar-refractivity contribution in [1.82, 2.24) is 0 Å². The molecule has 3 aromatic carbocycles. The van der Waals surface area contributed by atoms with Crippen LogP contribution in [-0.2, 0) is 10.0 Å². The van der Waals surface area contributed by atoms with Crippen molar-refractivity contribution < 1.29 is 17.9 Å². The largest absolute Gasteiger partial charge is 0.497 e. The molecule has 0 aliphatic heterocycles. The number of anilines is 2. The molecule has 0 aromatic heterocycles. The third-order valence-electron chi connectivity index (χ3n) is 4.27. The Morgan fingerprint density at radius 3 is 2.34 bits per heavy atom. The Balaban J connectivity index is 1.85. The van der Waals surface area contributed by atoms with E-state index in [1.54, 1.807) is 54.6 Å². The van der Waals surface area contributed by atoms with Crippen LogP contribution in [0.5, 0.6) is 5.75 Å². The molecule has 3 aromatic rings. The molecule has 0 fully saturated rings. The third-order valence-corrected chi connectivity index (χ3v) is 6.29. The number of nitrogens with one attached hydrogen (secondary N) is 1. The number of sulfonamides is 1. The Kier molecular flexibility index (Phi) is 6.10. The highest BCUT2D eigenvalue weighted by Gasteiger charge is 2.22. The standard InChI is InChI=1S/C21H19ClN2O4S/c1-24(18-9-11-19(28-2)12-10-18)29(26,27)20-8-3-5-15(13-20)21(25)23-17-7-4-6-16(22)14-17/h3-14H,1-2H3,(H,23,25). The summed E-state index contributed by atoms with van der Waals surface area (Å²) in [7, 11) is -0.864. The molecule has 1 amide bonds. The van der Waals surface area contributed by atoms with Crippen LogP contribution in [0.25, 0.3) is 0 Å². The van der Waals surface area contributed by atoms with Gasteiger partial charge >= 0.3 is 0 Å². The van der Waals surface area contributed by atoms with E-state index in [4.69, 9.17) is 16.3 Å². The zero-order valence-corrected chi connectivity index (χ0v) is 17.4. The van der Waals surface area contributed by atoms with E-state index in [-0.39, 0.29) is 10.5 Å². The average Bonchev–Trinajstić information content (AvgIpc) is 2.73. The van der Waals surface area contributed by atoms with Crippen molar-refractivity contribution in [2.75, 3.05) is 23.8 Å². The van der Waals surface area contributed by atoms with Gasteiger partial charge in [0.25, 0.3) is 15.9 Å². The van der Waals surface area contributed by atoms with E-state index in [9.17, 15) is 13.2 Å². The fraction of sp³-hybridized carbons (Fsp3) is 0.0952. The lowest BCUT2D eigenvalue weighted by molar-refractivity contribution is 0.102. The van der Waals surface area contributed by atoms with Gasteiger partial charge in [0.1, 0.15) is 5.75 Å². The van der Waals surface area contributed by atoms with Gasteiger partial charge in [0.2, 0.25) is 0 Å². The second-order valence-electron chi connectivity index (χ2n) is 6.16. The highest BCUT2D eigenvalue weighted by molar-refractivity contribution is 7.92. The van der Waals surface area contributed by atoms with Crippen LogP contribution in [0.3, 0.4) is 0 Å². The molecule has 29 heavy (non-hydrogen) atoms. The predicted molar refractivity (Wildman–Crippen MR) is 114 cm³/mol. The van der Waals surface area contributed by atoms with E-state index in [0.717, 1.165) is 4.31 Å². The van der Waals surface area contributed by atoms with E-state index in [2.05, 4.69) is 5.32 Å². The predicted octanol–water partition coefficient (Wildman–Crippen LogP) is 4.43. The van der Waals surface area contributed by atoms with Crippen LogP contribution < -0.4 is 14.4 Å². The summed E-state index contributed by atoms with van der Waals surface area (Å²) in [6.07, 6.45) is 0. The van der Waals surface area contributed by atoms with Crippen LogP contribution in [0.4, 0.5) is 11.4 Å². The van der Waals surface area contributed by atoms with Crippen molar-refractivity contribution in [1.29, 1.82) is 0 Å². The molecule has 0 bridgehead atoms. The van der Waals surface area contributed by atoms with Crippen LogP contribution in [0.15, 0.2) is 77.7 Å². The van der Waals surface area contributed by atoms with Crippen molar-refractivity contribution in [3.8, 4) is 5.75 Å². The molecule has 0 spiro atoms. The van der Waals surface area contributed by atoms with Gasteiger partial charge in [-0.1, -0.05) is 23.7 Å². The topological polar surface area (TPSA) is 75.7 Å². The molecule has 0 radical (unpaired) electrons. The first-order valence-electron chi connectivity index (χ1n) is 8.61. The lowest BCUT2D eigenvalue weighted by Crippen LogP contribution is -2.26. The zero-order valence-electron chi connectivity index (χ0n) is 15.8. The van der Waals surface area contributed by atoms with Crippen molar-refractivity contribution in [3.63, 3.8) is 0 Å². The highest BCUT2D eigenvalue weighted by Crippen LogP contribution is 2.25. The summed E-state index contributed by atoms with van der Waals surface area (Å²) >= 11 is 5.93. The first kappa shape index (κ1) is 20.7. The average molecular weight is 431 g/mol. The summed E-state index contributed by atoms with van der Waals surface area (Å²) in [5.41, 5.74) is 1.21. The fourth-order valence-corrected chi connectivity index (χ4v) is 4.09. The highest BCUT2D eigenvalue weighted by atomic mass is 35.5. The first-order valence-corrected chi connectivity index (χ1v) is 10.4. The number of amides is 1. The number of carbonyl (C=O) groups excluding carboxylic acids is 1. The number of carbonyl (C=O) groups is 1. The number of ether oxygens (including phenoxy) is 1. The van der Waals surface area contributed by atoms with Crippen LogP contribution in [-0.4, -0.2) is 28.5 Å². The van der Waals surface area contributed by atoms with Crippen molar-refractivity contribution in [2.24, 2.45) is 0 Å². The quantitative estimate of drug-likeness (QED) is 0.627. The first-order chi connectivity index (χ1) is 13.8. The molecule has 0 heterocycles. The van der Waals surface area contributed by atoms with Crippen LogP contribution in [0.2, 0.25) is 5.02 Å². The monoisotopic (exact) mass is 430 g/mol. The van der Waals surface area contributed by atoms with Gasteiger partial charge in [-0.15, -0.1) is 0 Å². The van der Waals surface area contributed by atoms with Gasteiger partial charge in [-0.3, -0.25) is 9.10 Å². The van der Waals surface area contributed by atoms with Gasteiger partial charge in [0, 0.05) is 23.3 Å². The number of hydrogen-bond acceptors (Lipinski definition) is 4. The van der Waals surface area contributed by atoms with E-state index in [1.165, 1.54) is 32.4 Å². The summed E-state index contributed by atoms with van der Waals surface area (Å²) in [5.74, 6) is 0.190. The van der Waals surface area contributed by atoms with Gasteiger partial charge in [-0.2, -0.15) is 0 Å². The number of benzene rings is 3. The van der Waals surface area contributed by atoms with E-state index in [0.29, 0.717) is 22.1 Å². The molecule has 0 saturated heterocycles. The summed E-state index contributed by atoms with van der Waals surface area (Å²) in [6, 6.07) is 19.2. The van der Waals surface area contributed by atoms with Gasteiger partial charge in [0.05, 0.1) is 17.7 Å². The number of rotatable bonds is 6. The van der Waals surface area contributed by atoms with Gasteiger partial charge < -0.3 is 10.1 Å². The maximum absolute atomic E-state index is 13.0. The summed E-state index contributed by atoms with van der Waals surface area (Å²) in [5, 5.41) is 3.19. The van der Waals surface area contributed by atoms with E-state index in [1.807, 2.05) is 0 Å². The Labute approximate surface area is 174 Å². The summed E-state index contributed by atoms with van der Waals surface area (Å²) in [4.78, 5) is 12.5. The summed E-state index contributed by atoms with van der Waals surface area (Å²) in [6.45, 7) is 0. The molecule has 1 N–H and O–H groups in total. The second-order valence-corrected chi connectivity index (χ2v) is 8.57. The molecule has 0 aliphatic rings. The van der Waals surface area contributed by atoms with Crippen molar-refractivity contribution in [2.45, 2.75) is 4.90 Å². The molecule has 0 aliphatic carbocycles. The van der Waals surface area contributed by atoms with Gasteiger partial charge in [-0.05, 0) is 60.7 Å². The fourth-order valence-electron chi connectivity index (χ4n) is 2.66. The Hall–Kier alpha value is -3.03. The second kappa shape index (κ2) is 8.55. The Morgan fingerprint density at radius 2 is 1.69 bits per heavy atom. The third kappa shape index (κ3) is 4.70. The van der Waals surface area contributed by atoms with Gasteiger partial charge in [-0.25, -0.2) is 8.42 Å². The van der Waals surface area contributed by atoms with Crippen molar-refractivity contribution >= 4 is 38.9 Å². The maximum atomic E-state index is 13.0. The lowest BCUT2D eigenvalue weighted by Gasteiger charge is -2.20. The SMILES string of the molecule is COc1ccc(N(C)S(=O)(=O)c2cccc(C(=O)Nc3cccc(Cl)c3)c2)cc1. The van der Waals surface area contributed by atoms with Crippen LogP contribution in [0.1, 0.15) is 10.4 Å². The molecule has 0 unspecified atom stereocenters. The molecular formula is C21H19ClN2O4S. The molecule has 6 nitrogen and oxygen atoms in total. The Bertz CT molecular complexity index is 1130. The molecule has 3 rings (SSSR count). The normalized spacial score (nSPS) is 11.0. The molecule has 0 atom stereocenters. The van der Waals surface area contributed by atoms with Crippen molar-refractivity contribution in [3.05, 3.63) is 83.4 Å².